The maximum Gasteiger partial charge on any atom is 0.124 e. The fourth-order valence-electron chi connectivity index (χ4n) is 4.84. The molecular formula is C30H28N6O. The van der Waals surface area contributed by atoms with E-state index in [-0.39, 0.29) is 0 Å². The number of pyridine rings is 2. The average molecular weight is 489 g/mol. The number of aliphatic hydroxyl groups excluding tert-OH is 1. The lowest BCUT2D eigenvalue weighted by Gasteiger charge is -2.16. The molecule has 4 aromatic heterocycles. The zero-order chi connectivity index (χ0) is 25.4. The molecule has 0 saturated heterocycles. The molecule has 6 rings (SSSR count). The number of fused-ring (bicyclic) bond motifs is 2. The van der Waals surface area contributed by atoms with Crippen LogP contribution in [-0.4, -0.2) is 36.5 Å². The third-order valence-electron chi connectivity index (χ3n) is 6.57. The average Bonchev–Trinajstić information content (AvgIpc) is 3.52. The molecule has 4 N–H and O–H groups in total. The first-order chi connectivity index (χ1) is 18.0. The van der Waals surface area contributed by atoms with Crippen LogP contribution in [0, 0.1) is 5.92 Å². The normalized spacial score (nSPS) is 12.4. The number of aliphatic hydroxyl groups is 1. The van der Waals surface area contributed by atoms with Crippen LogP contribution < -0.4 is 5.32 Å². The SMILES string of the molecule is CC(C)CC(O)Nc1cncc(-c2ccc3[nH]nc(-c4cc5c(-c6ccncc6)cccc5[nH]4)c3c2)c1. The van der Waals surface area contributed by atoms with Gasteiger partial charge in [0.05, 0.1) is 23.1 Å². The fourth-order valence-corrected chi connectivity index (χ4v) is 4.84. The van der Waals surface area contributed by atoms with Gasteiger partial charge in [0.25, 0.3) is 0 Å². The molecule has 0 saturated carbocycles. The van der Waals surface area contributed by atoms with Gasteiger partial charge in [-0.2, -0.15) is 5.10 Å². The van der Waals surface area contributed by atoms with Gasteiger partial charge >= 0.3 is 0 Å². The lowest BCUT2D eigenvalue weighted by molar-refractivity contribution is 0.176. The van der Waals surface area contributed by atoms with Crippen molar-refractivity contribution in [2.45, 2.75) is 26.5 Å². The van der Waals surface area contributed by atoms with Crippen LogP contribution in [0.25, 0.3) is 55.4 Å². The Bertz CT molecular complexity index is 1690. The minimum atomic E-state index is -0.612. The molecule has 6 aromatic rings. The molecule has 0 aliphatic heterocycles. The molecule has 0 amide bonds. The molecule has 7 nitrogen and oxygen atoms in total. The van der Waals surface area contributed by atoms with E-state index in [0.29, 0.717) is 12.3 Å². The summed E-state index contributed by atoms with van der Waals surface area (Å²) in [5, 5.41) is 23.4. The number of nitrogens with one attached hydrogen (secondary N) is 3. The predicted octanol–water partition coefficient (Wildman–Crippen LogP) is 6.61. The van der Waals surface area contributed by atoms with Crippen molar-refractivity contribution in [1.29, 1.82) is 0 Å². The molecule has 0 aliphatic rings. The number of anilines is 1. The Morgan fingerprint density at radius 2 is 1.70 bits per heavy atom. The zero-order valence-electron chi connectivity index (χ0n) is 20.7. The summed E-state index contributed by atoms with van der Waals surface area (Å²) in [4.78, 5) is 12.1. The van der Waals surface area contributed by atoms with E-state index < -0.39 is 6.23 Å². The third-order valence-corrected chi connectivity index (χ3v) is 6.57. The van der Waals surface area contributed by atoms with Gasteiger partial charge in [-0.3, -0.25) is 15.1 Å². The predicted molar refractivity (Wildman–Crippen MR) is 149 cm³/mol. The van der Waals surface area contributed by atoms with Crippen LogP contribution in [0.3, 0.4) is 0 Å². The van der Waals surface area contributed by atoms with E-state index in [4.69, 9.17) is 0 Å². The van der Waals surface area contributed by atoms with Crippen molar-refractivity contribution in [3.05, 3.63) is 85.5 Å². The molecule has 1 unspecified atom stereocenters. The number of nitrogens with zero attached hydrogens (tertiary/aromatic N) is 3. The zero-order valence-corrected chi connectivity index (χ0v) is 20.7. The van der Waals surface area contributed by atoms with Gasteiger partial charge < -0.3 is 15.4 Å². The van der Waals surface area contributed by atoms with Gasteiger partial charge in [0, 0.05) is 40.4 Å². The van der Waals surface area contributed by atoms with E-state index in [1.165, 1.54) is 0 Å². The van der Waals surface area contributed by atoms with Gasteiger partial charge in [-0.05, 0) is 71.5 Å². The van der Waals surface area contributed by atoms with E-state index in [1.54, 1.807) is 6.20 Å². The van der Waals surface area contributed by atoms with Crippen LogP contribution in [0.15, 0.2) is 85.5 Å². The fraction of sp³-hybridized carbons (Fsp3) is 0.167. The molecule has 0 fully saturated rings. The number of aromatic nitrogens is 5. The Morgan fingerprint density at radius 3 is 2.54 bits per heavy atom. The summed E-state index contributed by atoms with van der Waals surface area (Å²) in [6.07, 6.45) is 7.26. The number of aromatic amines is 2. The number of benzene rings is 2. The van der Waals surface area contributed by atoms with Gasteiger partial charge in [0.1, 0.15) is 11.9 Å². The van der Waals surface area contributed by atoms with Crippen LogP contribution in [-0.2, 0) is 0 Å². The minimum Gasteiger partial charge on any atom is -0.374 e. The van der Waals surface area contributed by atoms with Crippen LogP contribution in [0.5, 0.6) is 0 Å². The summed E-state index contributed by atoms with van der Waals surface area (Å²) in [7, 11) is 0. The van der Waals surface area contributed by atoms with E-state index >= 15 is 0 Å². The van der Waals surface area contributed by atoms with Crippen LogP contribution >= 0.6 is 0 Å². The summed E-state index contributed by atoms with van der Waals surface area (Å²) in [6, 6.07) is 20.7. The summed E-state index contributed by atoms with van der Waals surface area (Å²) in [5.41, 5.74) is 8.88. The van der Waals surface area contributed by atoms with Crippen LogP contribution in [0.4, 0.5) is 5.69 Å². The number of rotatable bonds is 7. The van der Waals surface area contributed by atoms with E-state index in [0.717, 1.165) is 61.1 Å². The second-order valence-corrected chi connectivity index (χ2v) is 9.77. The van der Waals surface area contributed by atoms with Gasteiger partial charge in [-0.1, -0.05) is 32.0 Å². The highest BCUT2D eigenvalue weighted by atomic mass is 16.3. The maximum atomic E-state index is 10.3. The summed E-state index contributed by atoms with van der Waals surface area (Å²) in [6.45, 7) is 4.18. The largest absolute Gasteiger partial charge is 0.374 e. The van der Waals surface area contributed by atoms with Crippen molar-refractivity contribution in [3.8, 4) is 33.6 Å². The molecule has 4 heterocycles. The maximum absolute atomic E-state index is 10.3. The Kier molecular flexibility index (Phi) is 5.90. The smallest absolute Gasteiger partial charge is 0.124 e. The lowest BCUT2D eigenvalue weighted by Crippen LogP contribution is -2.20. The summed E-state index contributed by atoms with van der Waals surface area (Å²) >= 11 is 0. The molecule has 37 heavy (non-hydrogen) atoms. The van der Waals surface area contributed by atoms with Crippen molar-refractivity contribution < 1.29 is 5.11 Å². The van der Waals surface area contributed by atoms with Gasteiger partial charge in [-0.25, -0.2) is 0 Å². The first-order valence-corrected chi connectivity index (χ1v) is 12.5. The van der Waals surface area contributed by atoms with Crippen molar-refractivity contribution >= 4 is 27.5 Å². The highest BCUT2D eigenvalue weighted by molar-refractivity contribution is 6.01. The van der Waals surface area contributed by atoms with Crippen LogP contribution in [0.1, 0.15) is 20.3 Å². The monoisotopic (exact) mass is 488 g/mol. The Balaban J connectivity index is 1.38. The molecule has 7 heteroatoms. The van der Waals surface area contributed by atoms with E-state index in [1.807, 2.05) is 42.9 Å². The summed E-state index contributed by atoms with van der Waals surface area (Å²) in [5.74, 6) is 0.394. The summed E-state index contributed by atoms with van der Waals surface area (Å²) < 4.78 is 0. The van der Waals surface area contributed by atoms with Crippen LogP contribution in [0.2, 0.25) is 0 Å². The number of hydrogen-bond donors (Lipinski definition) is 4. The molecule has 2 aromatic carbocycles. The highest BCUT2D eigenvalue weighted by Crippen LogP contribution is 2.35. The standard InChI is InChI=1S/C30H28N6O/c1-18(2)12-29(37)33-22-13-21(16-32-17-22)20-6-7-27-25(14-20)30(36-35-27)28-15-24-23(4-3-5-26(24)34-28)19-8-10-31-11-9-19/h3-11,13-18,29,33-34,37H,12H2,1-2H3,(H,35,36). The van der Waals surface area contributed by atoms with E-state index in [2.05, 4.69) is 80.7 Å². The van der Waals surface area contributed by atoms with Gasteiger partial charge in [0.15, 0.2) is 0 Å². The third kappa shape index (κ3) is 4.57. The van der Waals surface area contributed by atoms with Crippen molar-refractivity contribution in [2.75, 3.05) is 5.32 Å². The van der Waals surface area contributed by atoms with Gasteiger partial charge in [-0.15, -0.1) is 0 Å². The Labute approximate surface area is 214 Å². The van der Waals surface area contributed by atoms with Crippen molar-refractivity contribution in [1.82, 2.24) is 25.1 Å². The highest BCUT2D eigenvalue weighted by Gasteiger charge is 2.15. The first kappa shape index (κ1) is 22.9. The quantitative estimate of drug-likeness (QED) is 0.189. The number of hydrogen-bond acceptors (Lipinski definition) is 5. The number of H-pyrrole nitrogens is 2. The molecule has 0 aliphatic carbocycles. The molecule has 1 atom stereocenters. The topological polar surface area (TPSA) is 103 Å². The lowest BCUT2D eigenvalue weighted by atomic mass is 10.0. The van der Waals surface area contributed by atoms with Crippen molar-refractivity contribution in [3.63, 3.8) is 0 Å². The van der Waals surface area contributed by atoms with Gasteiger partial charge in [0.2, 0.25) is 0 Å². The molecule has 0 radical (unpaired) electrons. The molecule has 0 bridgehead atoms. The molecule has 0 spiro atoms. The molecule has 184 valence electrons. The second kappa shape index (κ2) is 9.52. The second-order valence-electron chi connectivity index (χ2n) is 9.77. The van der Waals surface area contributed by atoms with Crippen molar-refractivity contribution in [2.24, 2.45) is 5.92 Å². The van der Waals surface area contributed by atoms with E-state index in [9.17, 15) is 5.11 Å². The Morgan fingerprint density at radius 1 is 0.838 bits per heavy atom. The Hall–Kier alpha value is -4.49. The molecular weight excluding hydrogens is 460 g/mol. The minimum absolute atomic E-state index is 0.394. The first-order valence-electron chi connectivity index (χ1n) is 12.5.